The summed E-state index contributed by atoms with van der Waals surface area (Å²) in [7, 11) is 0. The number of allylic oxidation sites excluding steroid dienone is 2. The second-order valence-corrected chi connectivity index (χ2v) is 6.13. The van der Waals surface area contributed by atoms with Crippen molar-refractivity contribution >= 4 is 22.4 Å². The highest BCUT2D eigenvalue weighted by Gasteiger charge is 2.21. The number of para-hydroxylation sites is 2. The summed E-state index contributed by atoms with van der Waals surface area (Å²) in [6, 6.07) is 8.05. The third-order valence-electron chi connectivity index (χ3n) is 4.53. The van der Waals surface area contributed by atoms with Crippen molar-refractivity contribution < 1.29 is 0 Å². The van der Waals surface area contributed by atoms with Gasteiger partial charge in [-0.1, -0.05) is 17.7 Å². The van der Waals surface area contributed by atoms with Gasteiger partial charge in [0.15, 0.2) is 0 Å². The van der Waals surface area contributed by atoms with Crippen LogP contribution >= 0.6 is 0 Å². The normalized spacial score (nSPS) is 13.8. The van der Waals surface area contributed by atoms with Gasteiger partial charge in [0.2, 0.25) is 0 Å². The maximum atomic E-state index is 6.15. The molecule has 1 aromatic carbocycles. The first-order valence-electron chi connectivity index (χ1n) is 7.87. The zero-order valence-electron chi connectivity index (χ0n) is 13.3. The van der Waals surface area contributed by atoms with Crippen LogP contribution in [0.15, 0.2) is 29.8 Å². The fourth-order valence-corrected chi connectivity index (χ4v) is 3.18. The Labute approximate surface area is 134 Å². The number of rotatable bonds is 3. The first kappa shape index (κ1) is 13.9. The van der Waals surface area contributed by atoms with Crippen LogP contribution in [0.25, 0.3) is 16.6 Å². The number of aromatic amines is 1. The second kappa shape index (κ2) is 5.19. The zero-order chi connectivity index (χ0) is 16.0. The lowest BCUT2D eigenvalue weighted by atomic mass is 10.1. The first-order valence-corrected chi connectivity index (χ1v) is 7.87. The number of aryl methyl sites for hydroxylation is 2. The molecule has 3 N–H and O–H groups in total. The number of H-pyrrole nitrogens is 1. The minimum atomic E-state index is 0.601. The van der Waals surface area contributed by atoms with Crippen LogP contribution in [-0.4, -0.2) is 19.9 Å². The van der Waals surface area contributed by atoms with Crippen molar-refractivity contribution in [3.05, 3.63) is 52.7 Å². The third-order valence-corrected chi connectivity index (χ3v) is 4.53. The van der Waals surface area contributed by atoms with Crippen LogP contribution in [0.5, 0.6) is 0 Å². The average molecular weight is 305 g/mol. The molecule has 1 aliphatic carbocycles. The molecule has 2 heterocycles. The Morgan fingerprint density at radius 2 is 1.91 bits per heavy atom. The molecule has 0 radical (unpaired) electrons. The van der Waals surface area contributed by atoms with Gasteiger partial charge in [-0.05, 0) is 31.6 Å². The van der Waals surface area contributed by atoms with Crippen LogP contribution in [0, 0.1) is 0 Å². The fourth-order valence-electron chi connectivity index (χ4n) is 3.18. The molecule has 0 spiro atoms. The second-order valence-electron chi connectivity index (χ2n) is 6.13. The van der Waals surface area contributed by atoms with E-state index in [-0.39, 0.29) is 0 Å². The molecule has 0 aliphatic heterocycles. The largest absolute Gasteiger partial charge is 0.383 e. The summed E-state index contributed by atoms with van der Waals surface area (Å²) < 4.78 is 0. The minimum Gasteiger partial charge on any atom is -0.383 e. The molecule has 0 fully saturated rings. The number of hydrogen-bond acceptors (Lipinski definition) is 4. The van der Waals surface area contributed by atoms with Crippen LogP contribution in [0.3, 0.4) is 0 Å². The molecule has 0 saturated carbocycles. The molecule has 3 aromatic rings. The zero-order valence-corrected chi connectivity index (χ0v) is 13.3. The highest BCUT2D eigenvalue weighted by molar-refractivity contribution is 5.79. The summed E-state index contributed by atoms with van der Waals surface area (Å²) in [4.78, 5) is 17.1. The highest BCUT2D eigenvalue weighted by atomic mass is 15.0. The number of hydrogen-bond donors (Lipinski definition) is 2. The van der Waals surface area contributed by atoms with Crippen molar-refractivity contribution in [3.63, 3.8) is 0 Å². The number of nitrogen functional groups attached to an aromatic ring is 1. The molecular weight excluding hydrogens is 286 g/mol. The summed E-state index contributed by atoms with van der Waals surface area (Å²) in [5.74, 6) is 2.35. The number of imidazole rings is 1. The SMILES string of the molecule is CC1=C(C)c2c(N)nc(CCc3nc4ccccc4[nH]3)nc2C1. The smallest absolute Gasteiger partial charge is 0.134 e. The van der Waals surface area contributed by atoms with E-state index in [0.29, 0.717) is 5.82 Å². The van der Waals surface area contributed by atoms with Gasteiger partial charge in [-0.15, -0.1) is 0 Å². The van der Waals surface area contributed by atoms with Crippen molar-refractivity contribution in [3.8, 4) is 0 Å². The summed E-state index contributed by atoms with van der Waals surface area (Å²) in [6.07, 6.45) is 2.39. The number of anilines is 1. The number of nitrogens with one attached hydrogen (secondary N) is 1. The van der Waals surface area contributed by atoms with Crippen molar-refractivity contribution in [2.45, 2.75) is 33.1 Å². The van der Waals surface area contributed by atoms with E-state index in [1.54, 1.807) is 0 Å². The number of aromatic nitrogens is 4. The lowest BCUT2D eigenvalue weighted by Crippen LogP contribution is -2.07. The highest BCUT2D eigenvalue weighted by Crippen LogP contribution is 2.34. The Morgan fingerprint density at radius 1 is 1.09 bits per heavy atom. The molecular formula is C18H19N5. The molecule has 0 atom stereocenters. The van der Waals surface area contributed by atoms with E-state index in [0.717, 1.165) is 53.2 Å². The van der Waals surface area contributed by atoms with Gasteiger partial charge in [0, 0.05) is 24.8 Å². The van der Waals surface area contributed by atoms with Gasteiger partial charge in [-0.25, -0.2) is 15.0 Å². The van der Waals surface area contributed by atoms with Gasteiger partial charge in [-0.3, -0.25) is 0 Å². The quantitative estimate of drug-likeness (QED) is 0.779. The predicted octanol–water partition coefficient (Wildman–Crippen LogP) is 3.07. The average Bonchev–Trinajstić information content (AvgIpc) is 3.06. The fraction of sp³-hybridized carbons (Fsp3) is 0.278. The summed E-state index contributed by atoms with van der Waals surface area (Å²) >= 11 is 0. The van der Waals surface area contributed by atoms with E-state index in [1.165, 1.54) is 11.1 Å². The molecule has 0 saturated heterocycles. The first-order chi connectivity index (χ1) is 11.1. The van der Waals surface area contributed by atoms with Gasteiger partial charge in [-0.2, -0.15) is 0 Å². The van der Waals surface area contributed by atoms with Crippen molar-refractivity contribution in [1.29, 1.82) is 0 Å². The standard InChI is InChI=1S/C18H19N5/c1-10-9-14-17(11(10)2)18(19)23-16(22-14)8-7-15-20-12-5-3-4-6-13(12)21-15/h3-6H,7-9H2,1-2H3,(H,20,21)(H2,19,22,23). The molecule has 1 aliphatic rings. The maximum Gasteiger partial charge on any atom is 0.134 e. The summed E-state index contributed by atoms with van der Waals surface area (Å²) in [6.45, 7) is 4.22. The van der Waals surface area contributed by atoms with Crippen LogP contribution in [0.4, 0.5) is 5.82 Å². The monoisotopic (exact) mass is 305 g/mol. The van der Waals surface area contributed by atoms with Gasteiger partial charge in [0.1, 0.15) is 17.5 Å². The Balaban J connectivity index is 1.56. The summed E-state index contributed by atoms with van der Waals surface area (Å²) in [5, 5.41) is 0. The molecule has 0 unspecified atom stereocenters. The van der Waals surface area contributed by atoms with E-state index in [9.17, 15) is 0 Å². The van der Waals surface area contributed by atoms with Crippen molar-refractivity contribution in [2.24, 2.45) is 0 Å². The van der Waals surface area contributed by atoms with Crippen molar-refractivity contribution in [1.82, 2.24) is 19.9 Å². The van der Waals surface area contributed by atoms with Crippen LogP contribution in [0.1, 0.15) is 36.8 Å². The number of benzene rings is 1. The van der Waals surface area contributed by atoms with Gasteiger partial charge in [0.05, 0.1) is 16.7 Å². The molecule has 0 bridgehead atoms. The van der Waals surface area contributed by atoms with Gasteiger partial charge < -0.3 is 10.7 Å². The maximum absolute atomic E-state index is 6.15. The molecule has 5 nitrogen and oxygen atoms in total. The van der Waals surface area contributed by atoms with E-state index in [2.05, 4.69) is 28.8 Å². The van der Waals surface area contributed by atoms with Crippen LogP contribution in [-0.2, 0) is 19.3 Å². The molecule has 2 aromatic heterocycles. The minimum absolute atomic E-state index is 0.601. The topological polar surface area (TPSA) is 80.5 Å². The Bertz CT molecular complexity index is 903. The van der Waals surface area contributed by atoms with E-state index in [4.69, 9.17) is 10.7 Å². The molecule has 4 rings (SSSR count). The lowest BCUT2D eigenvalue weighted by molar-refractivity contribution is 0.811. The Kier molecular flexibility index (Phi) is 3.15. The lowest BCUT2D eigenvalue weighted by Gasteiger charge is -2.07. The summed E-state index contributed by atoms with van der Waals surface area (Å²) in [5.41, 5.74) is 12.9. The number of nitrogens with two attached hydrogens (primary N) is 1. The van der Waals surface area contributed by atoms with E-state index in [1.807, 2.05) is 24.3 Å². The van der Waals surface area contributed by atoms with Crippen LogP contribution < -0.4 is 5.73 Å². The predicted molar refractivity (Wildman–Crippen MR) is 91.9 cm³/mol. The third kappa shape index (κ3) is 2.38. The van der Waals surface area contributed by atoms with E-state index >= 15 is 0 Å². The Morgan fingerprint density at radius 3 is 2.74 bits per heavy atom. The molecule has 116 valence electrons. The van der Waals surface area contributed by atoms with E-state index < -0.39 is 0 Å². The number of fused-ring (bicyclic) bond motifs is 2. The number of nitrogens with zero attached hydrogens (tertiary/aromatic N) is 3. The molecule has 5 heteroatoms. The Hall–Kier alpha value is -2.69. The van der Waals surface area contributed by atoms with Gasteiger partial charge in [0.25, 0.3) is 0 Å². The molecule has 23 heavy (non-hydrogen) atoms. The molecule has 0 amide bonds. The van der Waals surface area contributed by atoms with Crippen LogP contribution in [0.2, 0.25) is 0 Å². The van der Waals surface area contributed by atoms with Crippen molar-refractivity contribution in [2.75, 3.05) is 5.73 Å². The van der Waals surface area contributed by atoms with Gasteiger partial charge >= 0.3 is 0 Å².